The minimum absolute atomic E-state index is 0.140. The van der Waals surface area contributed by atoms with Crippen molar-refractivity contribution >= 4 is 27.4 Å². The van der Waals surface area contributed by atoms with Gasteiger partial charge in [-0.15, -0.1) is 4.36 Å². The fourth-order valence-electron chi connectivity index (χ4n) is 3.96. The number of hydrogen-bond acceptors (Lipinski definition) is 4. The van der Waals surface area contributed by atoms with Crippen LogP contribution in [0, 0.1) is 0 Å². The topological polar surface area (TPSA) is 97.0 Å². The Morgan fingerprint density at radius 2 is 1.71 bits per heavy atom. The number of nitrogens with two attached hydrogens (primary N) is 1. The first kappa shape index (κ1) is 25.9. The molecule has 3 rings (SSSR count). The van der Waals surface area contributed by atoms with E-state index in [9.17, 15) is 9.00 Å². The Labute approximate surface area is 203 Å². The maximum atomic E-state index is 13.1. The molecule has 184 valence electrons. The summed E-state index contributed by atoms with van der Waals surface area (Å²) in [6.07, 6.45) is 2.98. The molecule has 3 N–H and O–H groups in total. The summed E-state index contributed by atoms with van der Waals surface area (Å²) in [7, 11) is 0.554. The molecule has 2 aromatic rings. The molecule has 1 aliphatic heterocycles. The third-order valence-corrected chi connectivity index (χ3v) is 7.03. The minimum Gasteiger partial charge on any atom is -0.493 e. The Balaban J connectivity index is 1.95. The van der Waals surface area contributed by atoms with E-state index in [1.807, 2.05) is 43.3 Å². The molecule has 0 aromatic heterocycles. The number of nitrogens with zero attached hydrogens (tertiary/aromatic N) is 2. The van der Waals surface area contributed by atoms with Gasteiger partial charge in [0.05, 0.1) is 11.5 Å². The van der Waals surface area contributed by atoms with E-state index < -0.39 is 15.9 Å². The lowest BCUT2D eigenvalue weighted by molar-refractivity contribution is 0.260. The molecule has 1 heterocycles. The molecule has 7 nitrogen and oxygen atoms in total. The highest BCUT2D eigenvalue weighted by Gasteiger charge is 2.21. The standard InChI is InChI=1S/C26H36N4O3S/c1-17(2)22-14-20(24-8-7-13-33-24)15-23(18(3)4)25(22)28-26(31)29-34(27,32)21-11-9-19(10-12-21)16-30(5)6/h8-12,14-15,17-18H,7,13,16H2,1-6H3,(H3,27,28,29,31,32). The monoisotopic (exact) mass is 484 g/mol. The van der Waals surface area contributed by atoms with Crippen LogP contribution in [0.1, 0.15) is 68.2 Å². The largest absolute Gasteiger partial charge is 0.493 e. The van der Waals surface area contributed by atoms with Gasteiger partial charge in [0.15, 0.2) is 0 Å². The number of hydrogen-bond donors (Lipinski definition) is 2. The van der Waals surface area contributed by atoms with Crippen LogP contribution in [-0.2, 0) is 21.2 Å². The predicted molar refractivity (Wildman–Crippen MR) is 139 cm³/mol. The van der Waals surface area contributed by atoms with Gasteiger partial charge in [0.2, 0.25) is 0 Å². The summed E-state index contributed by atoms with van der Waals surface area (Å²) in [6.45, 7) is 9.71. The number of rotatable bonds is 7. The summed E-state index contributed by atoms with van der Waals surface area (Å²) in [5.74, 6) is 1.15. The molecule has 34 heavy (non-hydrogen) atoms. The van der Waals surface area contributed by atoms with E-state index in [0.717, 1.165) is 41.0 Å². The number of amides is 2. The molecule has 0 spiro atoms. The number of ether oxygens (including phenoxy) is 1. The molecule has 2 amide bonds. The molecule has 8 heteroatoms. The fraction of sp³-hybridized carbons (Fsp3) is 0.423. The van der Waals surface area contributed by atoms with Crippen LogP contribution in [0.25, 0.3) is 5.76 Å². The number of urea groups is 1. The van der Waals surface area contributed by atoms with Crippen molar-refractivity contribution in [3.63, 3.8) is 0 Å². The van der Waals surface area contributed by atoms with Crippen molar-refractivity contribution in [2.24, 2.45) is 9.50 Å². The molecule has 0 fully saturated rings. The first-order valence-electron chi connectivity index (χ1n) is 11.6. The number of benzene rings is 2. The number of nitrogens with one attached hydrogen (secondary N) is 1. The summed E-state index contributed by atoms with van der Waals surface area (Å²) >= 11 is 0. The van der Waals surface area contributed by atoms with E-state index in [-0.39, 0.29) is 11.8 Å². The molecule has 1 atom stereocenters. The SMILES string of the molecule is CC(C)c1cc(C2=CCCO2)cc(C(C)C)c1NC(=O)N=S(N)(=O)c1ccc(CN(C)C)cc1. The highest BCUT2D eigenvalue weighted by molar-refractivity contribution is 7.91. The van der Waals surface area contributed by atoms with Gasteiger partial charge in [0.1, 0.15) is 15.7 Å². The van der Waals surface area contributed by atoms with Gasteiger partial charge in [0.25, 0.3) is 0 Å². The molecule has 0 radical (unpaired) electrons. The molecular formula is C26H36N4O3S. The van der Waals surface area contributed by atoms with Crippen LogP contribution in [0.3, 0.4) is 0 Å². The zero-order valence-corrected chi connectivity index (χ0v) is 21.7. The van der Waals surface area contributed by atoms with E-state index in [4.69, 9.17) is 9.88 Å². The lowest BCUT2D eigenvalue weighted by Crippen LogP contribution is -2.19. The zero-order valence-electron chi connectivity index (χ0n) is 20.9. The van der Waals surface area contributed by atoms with Crippen molar-refractivity contribution in [2.45, 2.75) is 57.4 Å². The molecule has 0 saturated carbocycles. The number of carbonyl (C=O) groups excluding carboxylic acids is 1. The maximum Gasteiger partial charge on any atom is 0.354 e. The minimum atomic E-state index is -3.39. The molecule has 0 aliphatic carbocycles. The lowest BCUT2D eigenvalue weighted by Gasteiger charge is -2.22. The normalized spacial score (nSPS) is 15.3. The summed E-state index contributed by atoms with van der Waals surface area (Å²) in [5, 5.41) is 8.90. The van der Waals surface area contributed by atoms with Crippen LogP contribution in [0.15, 0.2) is 51.7 Å². The van der Waals surface area contributed by atoms with E-state index in [2.05, 4.69) is 43.5 Å². The van der Waals surface area contributed by atoms with Crippen LogP contribution < -0.4 is 10.5 Å². The zero-order chi connectivity index (χ0) is 25.0. The van der Waals surface area contributed by atoms with Gasteiger partial charge in [0, 0.05) is 24.2 Å². The highest BCUT2D eigenvalue weighted by atomic mass is 32.2. The molecule has 1 unspecified atom stereocenters. The summed E-state index contributed by atoms with van der Waals surface area (Å²) in [5.41, 5.74) is 4.69. The molecule has 0 bridgehead atoms. The Morgan fingerprint density at radius 1 is 1.12 bits per heavy atom. The Hall–Kier alpha value is -2.68. The smallest absolute Gasteiger partial charge is 0.354 e. The van der Waals surface area contributed by atoms with Crippen molar-refractivity contribution in [3.8, 4) is 0 Å². The van der Waals surface area contributed by atoms with E-state index >= 15 is 0 Å². The molecule has 1 aliphatic rings. The Bertz CT molecular complexity index is 1160. The summed E-state index contributed by atoms with van der Waals surface area (Å²) < 4.78 is 22.8. The third kappa shape index (κ3) is 6.25. The van der Waals surface area contributed by atoms with Crippen molar-refractivity contribution < 1.29 is 13.7 Å². The fourth-order valence-corrected chi connectivity index (χ4v) is 4.89. The summed E-state index contributed by atoms with van der Waals surface area (Å²) in [6, 6.07) is 10.4. The number of carbonyl (C=O) groups is 1. The second-order valence-corrected chi connectivity index (χ2v) is 11.3. The maximum absolute atomic E-state index is 13.1. The number of anilines is 1. The van der Waals surface area contributed by atoms with Crippen LogP contribution in [0.5, 0.6) is 0 Å². The van der Waals surface area contributed by atoms with Gasteiger partial charge in [-0.25, -0.2) is 14.1 Å². The first-order chi connectivity index (χ1) is 16.0. The average molecular weight is 485 g/mol. The van der Waals surface area contributed by atoms with Gasteiger partial charge in [-0.2, -0.15) is 0 Å². The van der Waals surface area contributed by atoms with Crippen LogP contribution in [-0.4, -0.2) is 35.8 Å². The second-order valence-electron chi connectivity index (χ2n) is 9.52. The quantitative estimate of drug-likeness (QED) is 0.528. The Morgan fingerprint density at radius 3 is 2.18 bits per heavy atom. The van der Waals surface area contributed by atoms with E-state index in [0.29, 0.717) is 17.2 Å². The predicted octanol–water partition coefficient (Wildman–Crippen LogP) is 5.69. The van der Waals surface area contributed by atoms with Crippen molar-refractivity contribution in [2.75, 3.05) is 26.0 Å². The molecule has 0 saturated heterocycles. The van der Waals surface area contributed by atoms with Crippen molar-refractivity contribution in [3.05, 3.63) is 64.7 Å². The van der Waals surface area contributed by atoms with Gasteiger partial charge in [-0.3, -0.25) is 0 Å². The Kier molecular flexibility index (Phi) is 8.17. The highest BCUT2D eigenvalue weighted by Crippen LogP contribution is 2.37. The molecule has 2 aromatic carbocycles. The first-order valence-corrected chi connectivity index (χ1v) is 13.2. The van der Waals surface area contributed by atoms with Crippen molar-refractivity contribution in [1.82, 2.24) is 4.90 Å². The van der Waals surface area contributed by atoms with Gasteiger partial charge in [-0.05, 0) is 73.0 Å². The van der Waals surface area contributed by atoms with Gasteiger partial charge in [-0.1, -0.05) is 39.8 Å². The van der Waals surface area contributed by atoms with Crippen LogP contribution in [0.2, 0.25) is 0 Å². The summed E-state index contributed by atoms with van der Waals surface area (Å²) in [4.78, 5) is 15.3. The van der Waals surface area contributed by atoms with E-state index in [1.54, 1.807) is 12.1 Å². The molecular weight excluding hydrogens is 448 g/mol. The average Bonchev–Trinajstić information content (AvgIpc) is 3.28. The van der Waals surface area contributed by atoms with Gasteiger partial charge < -0.3 is 15.0 Å². The van der Waals surface area contributed by atoms with Crippen LogP contribution >= 0.6 is 0 Å². The second kappa shape index (κ2) is 10.7. The van der Waals surface area contributed by atoms with Crippen molar-refractivity contribution in [1.29, 1.82) is 0 Å². The lowest BCUT2D eigenvalue weighted by atomic mass is 9.89. The van der Waals surface area contributed by atoms with E-state index in [1.165, 1.54) is 0 Å². The van der Waals surface area contributed by atoms with Gasteiger partial charge >= 0.3 is 6.03 Å². The third-order valence-electron chi connectivity index (χ3n) is 5.64. The van der Waals surface area contributed by atoms with Crippen LogP contribution in [0.4, 0.5) is 10.5 Å².